The van der Waals surface area contributed by atoms with E-state index in [-0.39, 0.29) is 11.9 Å². The summed E-state index contributed by atoms with van der Waals surface area (Å²) in [6.45, 7) is 4.10. The molecule has 1 aliphatic heterocycles. The molecule has 2 rings (SSSR count). The van der Waals surface area contributed by atoms with Crippen molar-refractivity contribution in [2.45, 2.75) is 32.2 Å². The van der Waals surface area contributed by atoms with E-state index in [1.54, 1.807) is 14.0 Å². The fourth-order valence-corrected chi connectivity index (χ4v) is 2.44. The third-order valence-corrected chi connectivity index (χ3v) is 3.42. The van der Waals surface area contributed by atoms with Gasteiger partial charge in [0.15, 0.2) is 5.82 Å². The van der Waals surface area contributed by atoms with Crippen LogP contribution in [-0.4, -0.2) is 54.3 Å². The van der Waals surface area contributed by atoms with E-state index in [9.17, 15) is 4.79 Å². The number of nitrogens with one attached hydrogen (secondary N) is 1. The van der Waals surface area contributed by atoms with Crippen molar-refractivity contribution in [2.24, 2.45) is 0 Å². The first-order valence-electron chi connectivity index (χ1n) is 7.00. The molecule has 0 aliphatic carbocycles. The molecule has 20 heavy (non-hydrogen) atoms. The van der Waals surface area contributed by atoms with E-state index < -0.39 is 0 Å². The van der Waals surface area contributed by atoms with Crippen molar-refractivity contribution < 1.29 is 14.1 Å². The minimum atomic E-state index is 0.00480. The highest BCUT2D eigenvalue weighted by atomic mass is 16.5. The Kier molecular flexibility index (Phi) is 5.49. The number of rotatable bonds is 6. The molecule has 0 radical (unpaired) electrons. The highest BCUT2D eigenvalue weighted by Gasteiger charge is 2.29. The van der Waals surface area contributed by atoms with Crippen LogP contribution >= 0.6 is 0 Å². The Bertz CT molecular complexity index is 435. The van der Waals surface area contributed by atoms with Crippen LogP contribution in [0.15, 0.2) is 4.52 Å². The van der Waals surface area contributed by atoms with Crippen LogP contribution in [0.4, 0.5) is 0 Å². The number of hydrogen-bond acceptors (Lipinski definition) is 6. The summed E-state index contributed by atoms with van der Waals surface area (Å²) in [4.78, 5) is 18.3. The molecule has 0 spiro atoms. The van der Waals surface area contributed by atoms with Crippen LogP contribution in [0.1, 0.15) is 37.0 Å². The zero-order valence-electron chi connectivity index (χ0n) is 12.1. The minimum Gasteiger partial charge on any atom is -0.383 e. The summed E-state index contributed by atoms with van der Waals surface area (Å²) in [6, 6.07) is 0.0538. The number of likely N-dealkylation sites (tertiary alicyclic amines) is 1. The lowest BCUT2D eigenvalue weighted by Crippen LogP contribution is -2.42. The lowest BCUT2D eigenvalue weighted by Gasteiger charge is -2.32. The molecule has 1 aliphatic rings. The smallest absolute Gasteiger partial charge is 0.243 e. The Labute approximate surface area is 118 Å². The summed E-state index contributed by atoms with van der Waals surface area (Å²) in [6.07, 6.45) is 3.16. The average Bonchev–Trinajstić information content (AvgIpc) is 2.86. The highest BCUT2D eigenvalue weighted by molar-refractivity contribution is 5.78. The molecule has 2 heterocycles. The SMILES string of the molecule is COCCNC(=O)CN1CCCC[C@@H]1c1nc(C)no1. The summed E-state index contributed by atoms with van der Waals surface area (Å²) in [7, 11) is 1.62. The molecular formula is C13H22N4O3. The summed E-state index contributed by atoms with van der Waals surface area (Å²) < 4.78 is 10.2. The van der Waals surface area contributed by atoms with Crippen molar-refractivity contribution in [1.29, 1.82) is 0 Å². The largest absolute Gasteiger partial charge is 0.383 e. The van der Waals surface area contributed by atoms with E-state index in [1.165, 1.54) is 0 Å². The van der Waals surface area contributed by atoms with Gasteiger partial charge in [-0.2, -0.15) is 4.98 Å². The zero-order chi connectivity index (χ0) is 14.4. The number of carbonyl (C=O) groups excluding carboxylic acids is 1. The van der Waals surface area contributed by atoms with Gasteiger partial charge < -0.3 is 14.6 Å². The third-order valence-electron chi connectivity index (χ3n) is 3.42. The lowest BCUT2D eigenvalue weighted by molar-refractivity contribution is -0.123. The van der Waals surface area contributed by atoms with Gasteiger partial charge in [0.25, 0.3) is 0 Å². The molecule has 0 aromatic carbocycles. The molecule has 0 saturated carbocycles. The van der Waals surface area contributed by atoms with E-state index in [0.29, 0.717) is 31.4 Å². The van der Waals surface area contributed by atoms with Crippen LogP contribution < -0.4 is 5.32 Å². The summed E-state index contributed by atoms with van der Waals surface area (Å²) in [5.74, 6) is 1.26. The number of aromatic nitrogens is 2. The molecule has 1 atom stereocenters. The van der Waals surface area contributed by atoms with Crippen LogP contribution in [0.5, 0.6) is 0 Å². The van der Waals surface area contributed by atoms with E-state index in [4.69, 9.17) is 9.26 Å². The van der Waals surface area contributed by atoms with E-state index in [0.717, 1.165) is 25.8 Å². The van der Waals surface area contributed by atoms with Crippen molar-refractivity contribution in [3.63, 3.8) is 0 Å². The molecule has 112 valence electrons. The Morgan fingerprint density at radius 3 is 3.10 bits per heavy atom. The van der Waals surface area contributed by atoms with Crippen molar-refractivity contribution >= 4 is 5.91 Å². The van der Waals surface area contributed by atoms with Gasteiger partial charge in [-0.25, -0.2) is 0 Å². The Hall–Kier alpha value is -1.47. The van der Waals surface area contributed by atoms with Gasteiger partial charge in [0.1, 0.15) is 0 Å². The molecule has 1 saturated heterocycles. The number of methoxy groups -OCH3 is 1. The van der Waals surface area contributed by atoms with Crippen molar-refractivity contribution in [3.05, 3.63) is 11.7 Å². The number of piperidine rings is 1. The molecule has 0 unspecified atom stereocenters. The number of nitrogens with zero attached hydrogens (tertiary/aromatic N) is 3. The minimum absolute atomic E-state index is 0.00480. The maximum atomic E-state index is 11.9. The van der Waals surface area contributed by atoms with Gasteiger partial charge in [-0.1, -0.05) is 11.6 Å². The predicted molar refractivity (Wildman–Crippen MR) is 72.1 cm³/mol. The number of amides is 1. The zero-order valence-corrected chi connectivity index (χ0v) is 12.1. The molecule has 1 aromatic heterocycles. The molecule has 0 bridgehead atoms. The predicted octanol–water partition coefficient (Wildman–Crippen LogP) is 0.668. The fourth-order valence-electron chi connectivity index (χ4n) is 2.44. The van der Waals surface area contributed by atoms with Crippen molar-refractivity contribution in [1.82, 2.24) is 20.4 Å². The van der Waals surface area contributed by atoms with Crippen molar-refractivity contribution in [3.8, 4) is 0 Å². The average molecular weight is 282 g/mol. The summed E-state index contributed by atoms with van der Waals surface area (Å²) in [5.41, 5.74) is 0. The third kappa shape index (κ3) is 4.01. The van der Waals surface area contributed by atoms with Crippen molar-refractivity contribution in [2.75, 3.05) is 33.4 Å². The molecular weight excluding hydrogens is 260 g/mol. The Morgan fingerprint density at radius 1 is 1.55 bits per heavy atom. The van der Waals surface area contributed by atoms with Gasteiger partial charge in [0.2, 0.25) is 11.8 Å². The standard InChI is InChI=1S/C13H22N4O3/c1-10-15-13(20-16-10)11-5-3-4-7-17(11)9-12(18)14-6-8-19-2/h11H,3-9H2,1-2H3,(H,14,18)/t11-/m1/s1. The van der Waals surface area contributed by atoms with Gasteiger partial charge in [-0.05, 0) is 26.3 Å². The van der Waals surface area contributed by atoms with Crippen LogP contribution in [-0.2, 0) is 9.53 Å². The molecule has 7 nitrogen and oxygen atoms in total. The first-order chi connectivity index (χ1) is 9.70. The Morgan fingerprint density at radius 2 is 2.40 bits per heavy atom. The van der Waals surface area contributed by atoms with Crippen LogP contribution in [0, 0.1) is 6.92 Å². The number of hydrogen-bond donors (Lipinski definition) is 1. The monoisotopic (exact) mass is 282 g/mol. The van der Waals surface area contributed by atoms with Crippen LogP contribution in [0.25, 0.3) is 0 Å². The van der Waals surface area contributed by atoms with Gasteiger partial charge in [0, 0.05) is 13.7 Å². The van der Waals surface area contributed by atoms with Gasteiger partial charge in [-0.3, -0.25) is 9.69 Å². The van der Waals surface area contributed by atoms with E-state index in [2.05, 4.69) is 20.4 Å². The molecule has 1 fully saturated rings. The quantitative estimate of drug-likeness (QED) is 0.772. The van der Waals surface area contributed by atoms with Gasteiger partial charge in [-0.15, -0.1) is 0 Å². The fraction of sp³-hybridized carbons (Fsp3) is 0.769. The second-order valence-corrected chi connectivity index (χ2v) is 5.00. The van der Waals surface area contributed by atoms with Gasteiger partial charge in [0.05, 0.1) is 19.2 Å². The number of carbonyl (C=O) groups is 1. The molecule has 1 aromatic rings. The number of aryl methyl sites for hydroxylation is 1. The lowest BCUT2D eigenvalue weighted by atomic mass is 10.0. The first kappa shape index (κ1) is 14.9. The van der Waals surface area contributed by atoms with Crippen LogP contribution in [0.3, 0.4) is 0 Å². The van der Waals surface area contributed by atoms with E-state index >= 15 is 0 Å². The van der Waals surface area contributed by atoms with Crippen LogP contribution in [0.2, 0.25) is 0 Å². The molecule has 7 heteroatoms. The second kappa shape index (κ2) is 7.35. The molecule has 1 N–H and O–H groups in total. The Balaban J connectivity index is 1.91. The second-order valence-electron chi connectivity index (χ2n) is 5.00. The maximum Gasteiger partial charge on any atom is 0.243 e. The summed E-state index contributed by atoms with van der Waals surface area (Å²) in [5, 5.41) is 6.67. The van der Waals surface area contributed by atoms with E-state index in [1.807, 2.05) is 0 Å². The topological polar surface area (TPSA) is 80.5 Å². The maximum absolute atomic E-state index is 11.9. The summed E-state index contributed by atoms with van der Waals surface area (Å²) >= 11 is 0. The first-order valence-corrected chi connectivity index (χ1v) is 7.00. The molecule has 1 amide bonds. The normalized spacial score (nSPS) is 20.0. The van der Waals surface area contributed by atoms with Gasteiger partial charge >= 0.3 is 0 Å². The number of ether oxygens (including phenoxy) is 1. The highest BCUT2D eigenvalue weighted by Crippen LogP contribution is 2.29.